The van der Waals surface area contributed by atoms with E-state index in [1.807, 2.05) is 0 Å². The maximum atomic E-state index is 12.2. The molecule has 0 radical (unpaired) electrons. The van der Waals surface area contributed by atoms with Gasteiger partial charge in [0.2, 0.25) is 0 Å². The number of rotatable bonds is 5. The van der Waals surface area contributed by atoms with E-state index in [2.05, 4.69) is 10.1 Å². The largest absolute Gasteiger partial charge is 0.573 e. The molecule has 1 amide bonds. The summed E-state index contributed by atoms with van der Waals surface area (Å²) in [4.78, 5) is 12.3. The fourth-order valence-electron chi connectivity index (χ4n) is 2.17. The molecule has 0 saturated carbocycles. The Bertz CT molecular complexity index is 876. The summed E-state index contributed by atoms with van der Waals surface area (Å²) in [5, 5.41) is 2.69. The van der Waals surface area contributed by atoms with Crippen LogP contribution >= 0.6 is 0 Å². The first-order chi connectivity index (χ1) is 12.0. The molecule has 0 saturated heterocycles. The summed E-state index contributed by atoms with van der Waals surface area (Å²) in [7, 11) is -3.31. The Hall–Kier alpha value is -2.55. The summed E-state index contributed by atoms with van der Waals surface area (Å²) in [6, 6.07) is 10.2. The van der Waals surface area contributed by atoms with Crippen molar-refractivity contribution in [2.24, 2.45) is 0 Å². The molecule has 0 spiro atoms. The van der Waals surface area contributed by atoms with Crippen LogP contribution in [0.25, 0.3) is 0 Å². The second kappa shape index (κ2) is 7.36. The van der Waals surface area contributed by atoms with Crippen LogP contribution in [0.15, 0.2) is 53.4 Å². The molecule has 0 aliphatic heterocycles. The summed E-state index contributed by atoms with van der Waals surface area (Å²) in [6.45, 7) is 1.70. The van der Waals surface area contributed by atoms with E-state index in [1.165, 1.54) is 24.3 Å². The van der Waals surface area contributed by atoms with Crippen molar-refractivity contribution in [3.05, 3.63) is 59.7 Å². The quantitative estimate of drug-likeness (QED) is 0.853. The van der Waals surface area contributed by atoms with Gasteiger partial charge in [-0.05, 0) is 48.9 Å². The molecule has 0 heterocycles. The minimum atomic E-state index is -4.80. The summed E-state index contributed by atoms with van der Waals surface area (Å²) in [5.74, 6) is -0.901. The van der Waals surface area contributed by atoms with Crippen molar-refractivity contribution in [1.82, 2.24) is 5.32 Å². The maximum absolute atomic E-state index is 12.2. The Morgan fingerprint density at radius 1 is 1.04 bits per heavy atom. The average Bonchev–Trinajstić information content (AvgIpc) is 2.53. The van der Waals surface area contributed by atoms with E-state index < -0.39 is 33.9 Å². The molecular formula is C17H16F3NO4S. The van der Waals surface area contributed by atoms with Gasteiger partial charge in [-0.25, -0.2) is 8.42 Å². The van der Waals surface area contributed by atoms with E-state index in [4.69, 9.17) is 0 Å². The zero-order chi connectivity index (χ0) is 19.5. The van der Waals surface area contributed by atoms with Crippen molar-refractivity contribution < 1.29 is 31.1 Å². The lowest BCUT2D eigenvalue weighted by molar-refractivity contribution is -0.274. The van der Waals surface area contributed by atoms with E-state index >= 15 is 0 Å². The van der Waals surface area contributed by atoms with Crippen LogP contribution in [0.1, 0.15) is 28.9 Å². The lowest BCUT2D eigenvalue weighted by atomic mass is 10.1. The molecule has 0 aliphatic carbocycles. The Morgan fingerprint density at radius 2 is 1.58 bits per heavy atom. The van der Waals surface area contributed by atoms with Crippen LogP contribution in [0.2, 0.25) is 0 Å². The Kier molecular flexibility index (Phi) is 5.60. The molecular weight excluding hydrogens is 371 g/mol. The van der Waals surface area contributed by atoms with E-state index in [1.54, 1.807) is 19.1 Å². The van der Waals surface area contributed by atoms with E-state index in [-0.39, 0.29) is 10.5 Å². The molecule has 2 rings (SSSR count). The molecule has 0 bridgehead atoms. The first-order valence-electron chi connectivity index (χ1n) is 7.42. The number of benzene rings is 2. The van der Waals surface area contributed by atoms with Crippen molar-refractivity contribution >= 4 is 15.7 Å². The second-order valence-corrected chi connectivity index (χ2v) is 7.62. The molecule has 1 atom stereocenters. The normalized spacial score (nSPS) is 13.1. The fraction of sp³-hybridized carbons (Fsp3) is 0.235. The number of amides is 1. The van der Waals surface area contributed by atoms with E-state index in [0.29, 0.717) is 5.56 Å². The van der Waals surface area contributed by atoms with Crippen molar-refractivity contribution in [1.29, 1.82) is 0 Å². The van der Waals surface area contributed by atoms with Gasteiger partial charge in [-0.2, -0.15) is 0 Å². The molecule has 5 nitrogen and oxygen atoms in total. The van der Waals surface area contributed by atoms with Gasteiger partial charge in [-0.15, -0.1) is 13.2 Å². The second-order valence-electron chi connectivity index (χ2n) is 5.61. The molecule has 0 unspecified atom stereocenters. The SMILES string of the molecule is C[C@H](NC(=O)c1ccc(OC(F)(F)F)cc1)c1ccc(S(C)(=O)=O)cc1. The molecule has 140 valence electrons. The summed E-state index contributed by atoms with van der Waals surface area (Å²) in [6.07, 6.45) is -3.70. The molecule has 9 heteroatoms. The van der Waals surface area contributed by atoms with Crippen LogP contribution in [0, 0.1) is 0 Å². The van der Waals surface area contributed by atoms with Crippen molar-refractivity contribution in [3.8, 4) is 5.75 Å². The zero-order valence-corrected chi connectivity index (χ0v) is 14.7. The number of ether oxygens (including phenoxy) is 1. The number of halogens is 3. The highest BCUT2D eigenvalue weighted by molar-refractivity contribution is 7.90. The number of hydrogen-bond donors (Lipinski definition) is 1. The number of carbonyl (C=O) groups excluding carboxylic acids is 1. The molecule has 1 N–H and O–H groups in total. The van der Waals surface area contributed by atoms with Gasteiger partial charge in [-0.3, -0.25) is 4.79 Å². The van der Waals surface area contributed by atoms with E-state index in [0.717, 1.165) is 18.4 Å². The van der Waals surface area contributed by atoms with Gasteiger partial charge in [0.15, 0.2) is 9.84 Å². The highest BCUT2D eigenvalue weighted by Crippen LogP contribution is 2.23. The monoisotopic (exact) mass is 387 g/mol. The predicted octanol–water partition coefficient (Wildman–Crippen LogP) is 3.48. The van der Waals surface area contributed by atoms with Gasteiger partial charge in [0, 0.05) is 11.8 Å². The van der Waals surface area contributed by atoms with Crippen molar-refractivity contribution in [2.45, 2.75) is 24.2 Å². The average molecular weight is 387 g/mol. The van der Waals surface area contributed by atoms with Gasteiger partial charge in [0.25, 0.3) is 5.91 Å². The summed E-state index contributed by atoms with van der Waals surface area (Å²) >= 11 is 0. The highest BCUT2D eigenvalue weighted by atomic mass is 32.2. The Labute approximate surface area is 148 Å². The Morgan fingerprint density at radius 3 is 2.04 bits per heavy atom. The standard InChI is InChI=1S/C17H16F3NO4S/c1-11(12-5-9-15(10-6-12)26(2,23)24)21-16(22)13-3-7-14(8-4-13)25-17(18,19)20/h3-11H,1-2H3,(H,21,22)/t11-/m0/s1. The van der Waals surface area contributed by atoms with Gasteiger partial charge >= 0.3 is 6.36 Å². The van der Waals surface area contributed by atoms with Crippen molar-refractivity contribution in [3.63, 3.8) is 0 Å². The van der Waals surface area contributed by atoms with Crippen LogP contribution in [-0.4, -0.2) is 26.9 Å². The number of sulfone groups is 1. The minimum absolute atomic E-state index is 0.166. The molecule has 2 aromatic rings. The number of hydrogen-bond acceptors (Lipinski definition) is 4. The van der Waals surface area contributed by atoms with Crippen LogP contribution in [-0.2, 0) is 9.84 Å². The zero-order valence-electron chi connectivity index (χ0n) is 13.9. The first kappa shape index (κ1) is 19.8. The Balaban J connectivity index is 2.04. The molecule has 0 aromatic heterocycles. The fourth-order valence-corrected chi connectivity index (χ4v) is 2.81. The lowest BCUT2D eigenvalue weighted by Crippen LogP contribution is -2.26. The predicted molar refractivity (Wildman–Crippen MR) is 88.6 cm³/mol. The minimum Gasteiger partial charge on any atom is -0.406 e. The van der Waals surface area contributed by atoms with Gasteiger partial charge in [0.05, 0.1) is 10.9 Å². The summed E-state index contributed by atoms with van der Waals surface area (Å²) in [5.41, 5.74) is 0.849. The van der Waals surface area contributed by atoms with Gasteiger partial charge < -0.3 is 10.1 Å². The third kappa shape index (κ3) is 5.48. The van der Waals surface area contributed by atoms with Crippen LogP contribution < -0.4 is 10.1 Å². The van der Waals surface area contributed by atoms with Crippen molar-refractivity contribution in [2.75, 3.05) is 6.26 Å². The number of nitrogens with one attached hydrogen (secondary N) is 1. The third-order valence-corrected chi connectivity index (χ3v) is 4.63. The molecule has 0 fully saturated rings. The van der Waals surface area contributed by atoms with Gasteiger partial charge in [-0.1, -0.05) is 12.1 Å². The summed E-state index contributed by atoms with van der Waals surface area (Å²) < 4.78 is 63.0. The van der Waals surface area contributed by atoms with Crippen LogP contribution in [0.4, 0.5) is 13.2 Å². The van der Waals surface area contributed by atoms with Crippen LogP contribution in [0.5, 0.6) is 5.75 Å². The van der Waals surface area contributed by atoms with E-state index in [9.17, 15) is 26.4 Å². The number of carbonyl (C=O) groups is 1. The lowest BCUT2D eigenvalue weighted by Gasteiger charge is -2.15. The first-order valence-corrected chi connectivity index (χ1v) is 9.31. The highest BCUT2D eigenvalue weighted by Gasteiger charge is 2.31. The topological polar surface area (TPSA) is 72.5 Å². The smallest absolute Gasteiger partial charge is 0.406 e. The number of alkyl halides is 3. The molecule has 0 aliphatic rings. The maximum Gasteiger partial charge on any atom is 0.573 e. The van der Waals surface area contributed by atoms with Gasteiger partial charge in [0.1, 0.15) is 5.75 Å². The molecule has 26 heavy (non-hydrogen) atoms. The molecule has 2 aromatic carbocycles. The third-order valence-electron chi connectivity index (χ3n) is 3.51. The van der Waals surface area contributed by atoms with Crippen LogP contribution in [0.3, 0.4) is 0 Å².